The SMILES string of the molecule is O=C(Cc1ccccc1F)N1CCC[C@H](c2[nH]nc3nccnc23)C1. The zero-order valence-electron chi connectivity index (χ0n) is 13.7. The summed E-state index contributed by atoms with van der Waals surface area (Å²) in [4.78, 5) is 23.0. The summed E-state index contributed by atoms with van der Waals surface area (Å²) >= 11 is 0. The number of carbonyl (C=O) groups excluding carboxylic acids is 1. The molecular formula is C18H18FN5O. The fourth-order valence-electron chi connectivity index (χ4n) is 3.41. The van der Waals surface area contributed by atoms with E-state index in [0.717, 1.165) is 24.1 Å². The number of rotatable bonds is 3. The summed E-state index contributed by atoms with van der Waals surface area (Å²) in [7, 11) is 0. The molecule has 0 unspecified atom stereocenters. The zero-order valence-corrected chi connectivity index (χ0v) is 13.7. The second-order valence-corrected chi connectivity index (χ2v) is 6.31. The van der Waals surface area contributed by atoms with Crippen molar-refractivity contribution in [2.24, 2.45) is 0 Å². The quantitative estimate of drug-likeness (QED) is 0.795. The molecule has 1 saturated heterocycles. The van der Waals surface area contributed by atoms with Crippen molar-refractivity contribution in [3.63, 3.8) is 0 Å². The minimum Gasteiger partial charge on any atom is -0.342 e. The molecule has 1 amide bonds. The molecule has 3 heterocycles. The lowest BCUT2D eigenvalue weighted by atomic mass is 9.94. The highest BCUT2D eigenvalue weighted by molar-refractivity contribution is 5.79. The van der Waals surface area contributed by atoms with Crippen LogP contribution in [0.1, 0.15) is 30.0 Å². The number of piperidine rings is 1. The second-order valence-electron chi connectivity index (χ2n) is 6.31. The predicted molar refractivity (Wildman–Crippen MR) is 90.3 cm³/mol. The van der Waals surface area contributed by atoms with Crippen LogP contribution in [-0.2, 0) is 11.2 Å². The average Bonchev–Trinajstić information content (AvgIpc) is 3.08. The maximum absolute atomic E-state index is 13.8. The summed E-state index contributed by atoms with van der Waals surface area (Å²) in [5, 5.41) is 7.22. The average molecular weight is 339 g/mol. The second kappa shape index (κ2) is 6.58. The van der Waals surface area contributed by atoms with E-state index in [0.29, 0.717) is 24.3 Å². The standard InChI is InChI=1S/C18H18FN5O/c19-14-6-2-1-4-12(14)10-15(25)24-9-3-5-13(11-24)16-17-18(23-22-16)21-8-7-20-17/h1-2,4,6-8,13H,3,5,9-11H2,(H,21,22,23)/t13-/m0/s1. The smallest absolute Gasteiger partial charge is 0.227 e. The summed E-state index contributed by atoms with van der Waals surface area (Å²) in [6, 6.07) is 6.43. The third-order valence-electron chi connectivity index (χ3n) is 4.70. The van der Waals surface area contributed by atoms with Crippen LogP contribution < -0.4 is 0 Å². The fourth-order valence-corrected chi connectivity index (χ4v) is 3.41. The summed E-state index contributed by atoms with van der Waals surface area (Å²) in [6.07, 6.45) is 5.19. The number of H-pyrrole nitrogens is 1. The lowest BCUT2D eigenvalue weighted by Gasteiger charge is -2.32. The molecular weight excluding hydrogens is 321 g/mol. The molecule has 6 nitrogen and oxygen atoms in total. The molecule has 128 valence electrons. The van der Waals surface area contributed by atoms with Crippen LogP contribution >= 0.6 is 0 Å². The van der Waals surface area contributed by atoms with E-state index in [1.807, 2.05) is 4.90 Å². The van der Waals surface area contributed by atoms with Crippen LogP contribution in [0.3, 0.4) is 0 Å². The van der Waals surface area contributed by atoms with E-state index in [-0.39, 0.29) is 24.1 Å². The largest absolute Gasteiger partial charge is 0.342 e. The lowest BCUT2D eigenvalue weighted by Crippen LogP contribution is -2.40. The van der Waals surface area contributed by atoms with Gasteiger partial charge in [-0.05, 0) is 24.5 Å². The van der Waals surface area contributed by atoms with Crippen molar-refractivity contribution in [1.82, 2.24) is 25.1 Å². The number of benzene rings is 1. The topological polar surface area (TPSA) is 74.8 Å². The number of hydrogen-bond acceptors (Lipinski definition) is 4. The van der Waals surface area contributed by atoms with Gasteiger partial charge >= 0.3 is 0 Å². The maximum Gasteiger partial charge on any atom is 0.227 e. The van der Waals surface area contributed by atoms with E-state index in [9.17, 15) is 9.18 Å². The highest BCUT2D eigenvalue weighted by Gasteiger charge is 2.28. The Bertz CT molecular complexity index is 909. The first-order valence-corrected chi connectivity index (χ1v) is 8.38. The Hall–Kier alpha value is -2.83. The highest BCUT2D eigenvalue weighted by atomic mass is 19.1. The fraction of sp³-hybridized carbons (Fsp3) is 0.333. The van der Waals surface area contributed by atoms with E-state index in [2.05, 4.69) is 20.2 Å². The summed E-state index contributed by atoms with van der Waals surface area (Å²) < 4.78 is 13.8. The van der Waals surface area contributed by atoms with Crippen molar-refractivity contribution < 1.29 is 9.18 Å². The van der Waals surface area contributed by atoms with Gasteiger partial charge in [-0.15, -0.1) is 0 Å². The molecule has 3 aromatic rings. The molecule has 1 aromatic carbocycles. The van der Waals surface area contributed by atoms with Gasteiger partial charge in [0.25, 0.3) is 0 Å². The van der Waals surface area contributed by atoms with Gasteiger partial charge in [-0.3, -0.25) is 9.89 Å². The van der Waals surface area contributed by atoms with Gasteiger partial charge in [-0.1, -0.05) is 18.2 Å². The summed E-state index contributed by atoms with van der Waals surface area (Å²) in [5.41, 5.74) is 2.71. The monoisotopic (exact) mass is 339 g/mol. The molecule has 0 spiro atoms. The molecule has 4 rings (SSSR count). The Morgan fingerprint density at radius 2 is 2.12 bits per heavy atom. The minimum atomic E-state index is -0.334. The number of fused-ring (bicyclic) bond motifs is 1. The number of aromatic nitrogens is 4. The van der Waals surface area contributed by atoms with Crippen molar-refractivity contribution in [2.75, 3.05) is 13.1 Å². The van der Waals surface area contributed by atoms with E-state index in [1.165, 1.54) is 6.07 Å². The molecule has 0 saturated carbocycles. The number of carbonyl (C=O) groups is 1. The lowest BCUT2D eigenvalue weighted by molar-refractivity contribution is -0.131. The minimum absolute atomic E-state index is 0.0512. The number of nitrogens with one attached hydrogen (secondary N) is 1. The maximum atomic E-state index is 13.8. The normalized spacial score (nSPS) is 17.8. The van der Waals surface area contributed by atoms with Crippen molar-refractivity contribution in [1.29, 1.82) is 0 Å². The summed E-state index contributed by atoms with van der Waals surface area (Å²) in [6.45, 7) is 1.28. The van der Waals surface area contributed by atoms with Gasteiger partial charge in [0, 0.05) is 31.4 Å². The van der Waals surface area contributed by atoms with Crippen LogP contribution in [0.4, 0.5) is 4.39 Å². The Morgan fingerprint density at radius 1 is 1.28 bits per heavy atom. The third kappa shape index (κ3) is 3.09. The Balaban J connectivity index is 1.51. The molecule has 1 fully saturated rings. The van der Waals surface area contributed by atoms with Gasteiger partial charge in [0.15, 0.2) is 5.65 Å². The van der Waals surface area contributed by atoms with Gasteiger partial charge < -0.3 is 4.90 Å². The van der Waals surface area contributed by atoms with Gasteiger partial charge in [0.2, 0.25) is 5.91 Å². The van der Waals surface area contributed by atoms with Crippen LogP contribution in [0, 0.1) is 5.82 Å². The van der Waals surface area contributed by atoms with Gasteiger partial charge in [-0.25, -0.2) is 14.4 Å². The highest BCUT2D eigenvalue weighted by Crippen LogP contribution is 2.29. The van der Waals surface area contributed by atoms with Crippen LogP contribution in [-0.4, -0.2) is 44.1 Å². The molecule has 25 heavy (non-hydrogen) atoms. The van der Waals surface area contributed by atoms with Crippen molar-refractivity contribution >= 4 is 17.1 Å². The number of aromatic amines is 1. The number of hydrogen-bond donors (Lipinski definition) is 1. The Kier molecular flexibility index (Phi) is 4.13. The van der Waals surface area contributed by atoms with E-state index < -0.39 is 0 Å². The molecule has 7 heteroatoms. The first kappa shape index (κ1) is 15.7. The van der Waals surface area contributed by atoms with Crippen LogP contribution in [0.25, 0.3) is 11.2 Å². The van der Waals surface area contributed by atoms with E-state index in [4.69, 9.17) is 0 Å². The zero-order chi connectivity index (χ0) is 17.2. The molecule has 0 radical (unpaired) electrons. The first-order valence-electron chi connectivity index (χ1n) is 8.38. The van der Waals surface area contributed by atoms with Gasteiger partial charge in [0.1, 0.15) is 11.3 Å². The van der Waals surface area contributed by atoms with Crippen molar-refractivity contribution in [2.45, 2.75) is 25.2 Å². The summed E-state index contributed by atoms with van der Waals surface area (Å²) in [5.74, 6) is -0.246. The van der Waals surface area contributed by atoms with Gasteiger partial charge in [-0.2, -0.15) is 5.10 Å². The molecule has 2 aromatic heterocycles. The Morgan fingerprint density at radius 3 is 3.00 bits per heavy atom. The molecule has 1 aliphatic rings. The van der Waals surface area contributed by atoms with Crippen LogP contribution in [0.15, 0.2) is 36.7 Å². The van der Waals surface area contributed by atoms with E-state index in [1.54, 1.807) is 30.6 Å². The number of nitrogens with zero attached hydrogens (tertiary/aromatic N) is 4. The molecule has 1 atom stereocenters. The van der Waals surface area contributed by atoms with Crippen LogP contribution in [0.5, 0.6) is 0 Å². The number of halogens is 1. The first-order chi connectivity index (χ1) is 12.2. The van der Waals surface area contributed by atoms with Crippen molar-refractivity contribution in [3.05, 3.63) is 53.7 Å². The van der Waals surface area contributed by atoms with E-state index >= 15 is 0 Å². The molecule has 0 aliphatic carbocycles. The molecule has 0 bridgehead atoms. The Labute approximate surface area is 144 Å². The third-order valence-corrected chi connectivity index (χ3v) is 4.70. The van der Waals surface area contributed by atoms with Crippen molar-refractivity contribution in [3.8, 4) is 0 Å². The predicted octanol–water partition coefficient (Wildman–Crippen LogP) is 2.44. The van der Waals surface area contributed by atoms with Crippen LogP contribution in [0.2, 0.25) is 0 Å². The number of likely N-dealkylation sites (tertiary alicyclic amines) is 1. The van der Waals surface area contributed by atoms with Gasteiger partial charge in [0.05, 0.1) is 12.1 Å². The number of amides is 1. The molecule has 1 aliphatic heterocycles. The molecule has 1 N–H and O–H groups in total.